The zero-order chi connectivity index (χ0) is 18.2. The quantitative estimate of drug-likeness (QED) is 0.404. The first kappa shape index (κ1) is 18.1. The van der Waals surface area contributed by atoms with Gasteiger partial charge in [-0.1, -0.05) is 18.2 Å². The predicted octanol–water partition coefficient (Wildman–Crippen LogP) is 1.91. The Labute approximate surface area is 144 Å². The molecule has 8 heteroatoms. The molecule has 3 N–H and O–H groups in total. The average molecular weight is 342 g/mol. The van der Waals surface area contributed by atoms with Gasteiger partial charge in [0.2, 0.25) is 5.91 Å². The van der Waals surface area contributed by atoms with E-state index in [-0.39, 0.29) is 18.2 Å². The van der Waals surface area contributed by atoms with Gasteiger partial charge in [-0.15, -0.1) is 0 Å². The number of rotatable bonds is 7. The first-order valence-electron chi connectivity index (χ1n) is 7.52. The van der Waals surface area contributed by atoms with Crippen LogP contribution in [-0.2, 0) is 4.79 Å². The van der Waals surface area contributed by atoms with Crippen molar-refractivity contribution in [3.63, 3.8) is 0 Å². The molecule has 0 aliphatic rings. The molecule has 0 aliphatic heterocycles. The zero-order valence-electron chi connectivity index (χ0n) is 13.5. The van der Waals surface area contributed by atoms with E-state index in [0.29, 0.717) is 11.3 Å². The highest BCUT2D eigenvalue weighted by Crippen LogP contribution is 2.15. The molecular formula is C17H18N4O4. The molecule has 0 bridgehead atoms. The molecule has 0 heterocycles. The lowest BCUT2D eigenvalue weighted by atomic mass is 10.0. The normalized spacial score (nSPS) is 12.3. The molecule has 2 aromatic rings. The Morgan fingerprint density at radius 3 is 2.36 bits per heavy atom. The minimum absolute atomic E-state index is 0.0563. The highest BCUT2D eigenvalue weighted by atomic mass is 16.6. The van der Waals surface area contributed by atoms with Crippen molar-refractivity contribution in [1.82, 2.24) is 5.32 Å². The highest BCUT2D eigenvalue weighted by molar-refractivity contribution is 6.06. The van der Waals surface area contributed by atoms with Gasteiger partial charge >= 0.3 is 0 Å². The number of hydrogen-bond acceptors (Lipinski definition) is 6. The van der Waals surface area contributed by atoms with Crippen LogP contribution in [0.5, 0.6) is 0 Å². The number of carbonyl (C=O) groups is 1. The number of non-ortho nitro benzene ring substituents is 1. The number of anilines is 1. The van der Waals surface area contributed by atoms with Gasteiger partial charge in [-0.3, -0.25) is 20.3 Å². The summed E-state index contributed by atoms with van der Waals surface area (Å²) in [4.78, 5) is 21.7. The van der Waals surface area contributed by atoms with Gasteiger partial charge in [-0.2, -0.15) is 5.10 Å². The maximum absolute atomic E-state index is 11.4. The number of nitro groups is 1. The average Bonchev–Trinajstić information content (AvgIpc) is 2.61. The molecule has 0 radical (unpaired) electrons. The van der Waals surface area contributed by atoms with Crippen LogP contribution in [0.4, 0.5) is 11.4 Å². The fourth-order valence-corrected chi connectivity index (χ4v) is 2.18. The summed E-state index contributed by atoms with van der Waals surface area (Å²) in [6, 6.07) is 14.1. The van der Waals surface area contributed by atoms with E-state index < -0.39 is 11.0 Å². The Kier molecular flexibility index (Phi) is 6.19. The molecule has 0 saturated heterocycles. The summed E-state index contributed by atoms with van der Waals surface area (Å²) in [5, 5.41) is 27.3. The van der Waals surface area contributed by atoms with Crippen molar-refractivity contribution in [3.8, 4) is 0 Å². The second-order valence-electron chi connectivity index (χ2n) is 5.21. The molecule has 1 amide bonds. The van der Waals surface area contributed by atoms with Gasteiger partial charge in [0.25, 0.3) is 5.69 Å². The third-order valence-electron chi connectivity index (χ3n) is 3.34. The molecule has 8 nitrogen and oxygen atoms in total. The first-order valence-corrected chi connectivity index (χ1v) is 7.52. The van der Waals surface area contributed by atoms with Crippen LogP contribution in [0.3, 0.4) is 0 Å². The molecular weight excluding hydrogens is 324 g/mol. The second-order valence-corrected chi connectivity index (χ2v) is 5.21. The zero-order valence-corrected chi connectivity index (χ0v) is 13.5. The number of hydrazone groups is 1. The van der Waals surface area contributed by atoms with E-state index in [1.165, 1.54) is 31.2 Å². The number of para-hydroxylation sites is 1. The number of carbonyl (C=O) groups excluding carboxylic acids is 1. The van der Waals surface area contributed by atoms with Gasteiger partial charge in [-0.25, -0.2) is 0 Å². The van der Waals surface area contributed by atoms with Crippen molar-refractivity contribution in [2.45, 2.75) is 13.0 Å². The maximum Gasteiger partial charge on any atom is 0.269 e. The molecule has 25 heavy (non-hydrogen) atoms. The van der Waals surface area contributed by atoms with E-state index in [1.54, 1.807) is 0 Å². The summed E-state index contributed by atoms with van der Waals surface area (Å²) in [5.74, 6) is -0.326. The summed E-state index contributed by atoms with van der Waals surface area (Å²) in [6.07, 6.45) is 0. The SMILES string of the molecule is CC(=O)N[C@H](CO)C(=NNc1ccccc1)c1ccc([N+](=O)[O-])cc1. The Morgan fingerprint density at radius 1 is 1.20 bits per heavy atom. The van der Waals surface area contributed by atoms with Crippen LogP contribution in [0.15, 0.2) is 59.7 Å². The van der Waals surface area contributed by atoms with Crippen LogP contribution in [0, 0.1) is 10.1 Å². The van der Waals surface area contributed by atoms with Crippen molar-refractivity contribution >= 4 is 23.0 Å². The predicted molar refractivity (Wildman–Crippen MR) is 94.4 cm³/mol. The van der Waals surface area contributed by atoms with Crippen molar-refractivity contribution in [2.24, 2.45) is 5.10 Å². The third kappa shape index (κ3) is 5.11. The Balaban J connectivity index is 2.36. The number of nitro benzene ring substituents is 1. The fraction of sp³-hybridized carbons (Fsp3) is 0.176. The van der Waals surface area contributed by atoms with Gasteiger partial charge in [0.15, 0.2) is 0 Å². The highest BCUT2D eigenvalue weighted by Gasteiger charge is 2.19. The van der Waals surface area contributed by atoms with E-state index in [0.717, 1.165) is 5.69 Å². The Hall–Kier alpha value is -3.26. The molecule has 2 rings (SSSR count). The van der Waals surface area contributed by atoms with Crippen molar-refractivity contribution in [3.05, 3.63) is 70.3 Å². The molecule has 0 fully saturated rings. The lowest BCUT2D eigenvalue weighted by molar-refractivity contribution is -0.384. The monoisotopic (exact) mass is 342 g/mol. The molecule has 0 unspecified atom stereocenters. The number of aliphatic hydroxyl groups excluding tert-OH is 1. The smallest absolute Gasteiger partial charge is 0.269 e. The van der Waals surface area contributed by atoms with E-state index in [2.05, 4.69) is 15.8 Å². The van der Waals surface area contributed by atoms with Crippen LogP contribution >= 0.6 is 0 Å². The van der Waals surface area contributed by atoms with Crippen molar-refractivity contribution in [2.75, 3.05) is 12.0 Å². The first-order chi connectivity index (χ1) is 12.0. The van der Waals surface area contributed by atoms with Crippen LogP contribution in [0.25, 0.3) is 0 Å². The second kappa shape index (κ2) is 8.55. The summed E-state index contributed by atoms with van der Waals surface area (Å²) < 4.78 is 0. The number of aliphatic hydroxyl groups is 1. The third-order valence-corrected chi connectivity index (χ3v) is 3.34. The minimum Gasteiger partial charge on any atom is -0.394 e. The standard InChI is InChI=1S/C17H18N4O4/c1-12(23)18-16(11-22)17(20-19-14-5-3-2-4-6-14)13-7-9-15(10-8-13)21(24)25/h2-10,16,19,22H,11H2,1H3,(H,18,23)/t16-/m1/s1. The molecule has 0 saturated carbocycles. The Morgan fingerprint density at radius 2 is 1.84 bits per heavy atom. The summed E-state index contributed by atoms with van der Waals surface area (Å²) in [7, 11) is 0. The van der Waals surface area contributed by atoms with Crippen molar-refractivity contribution in [1.29, 1.82) is 0 Å². The van der Waals surface area contributed by atoms with E-state index in [4.69, 9.17) is 0 Å². The molecule has 0 aromatic heterocycles. The van der Waals surface area contributed by atoms with Gasteiger partial charge in [0.05, 0.1) is 29.0 Å². The number of benzene rings is 2. The summed E-state index contributed by atoms with van der Waals surface area (Å²) in [5.41, 5.74) is 4.43. The van der Waals surface area contributed by atoms with Crippen molar-refractivity contribution < 1.29 is 14.8 Å². The minimum atomic E-state index is -0.754. The van der Waals surface area contributed by atoms with E-state index >= 15 is 0 Å². The van der Waals surface area contributed by atoms with Crippen LogP contribution in [-0.4, -0.2) is 34.3 Å². The topological polar surface area (TPSA) is 117 Å². The van der Waals surface area contributed by atoms with E-state index in [9.17, 15) is 20.0 Å². The van der Waals surface area contributed by atoms with Crippen LogP contribution in [0.2, 0.25) is 0 Å². The number of hydrogen-bond donors (Lipinski definition) is 3. The Bertz CT molecular complexity index is 760. The molecule has 130 valence electrons. The molecule has 0 spiro atoms. The largest absolute Gasteiger partial charge is 0.394 e. The maximum atomic E-state index is 11.4. The van der Waals surface area contributed by atoms with Gasteiger partial charge in [0.1, 0.15) is 0 Å². The lowest BCUT2D eigenvalue weighted by Crippen LogP contribution is -2.43. The van der Waals surface area contributed by atoms with Gasteiger partial charge in [0, 0.05) is 24.6 Å². The van der Waals surface area contributed by atoms with Crippen LogP contribution in [0.1, 0.15) is 12.5 Å². The number of nitrogens with one attached hydrogen (secondary N) is 2. The molecule has 1 atom stereocenters. The fourth-order valence-electron chi connectivity index (χ4n) is 2.18. The van der Waals surface area contributed by atoms with E-state index in [1.807, 2.05) is 30.3 Å². The van der Waals surface area contributed by atoms with Crippen LogP contribution < -0.4 is 10.7 Å². The van der Waals surface area contributed by atoms with Gasteiger partial charge in [-0.05, 0) is 24.3 Å². The summed E-state index contributed by atoms with van der Waals surface area (Å²) >= 11 is 0. The van der Waals surface area contributed by atoms with Gasteiger partial charge < -0.3 is 10.4 Å². The molecule has 2 aromatic carbocycles. The number of nitrogens with zero attached hydrogens (tertiary/aromatic N) is 2. The summed E-state index contributed by atoms with van der Waals surface area (Å²) in [6.45, 7) is 0.965. The number of amides is 1. The molecule has 0 aliphatic carbocycles. The lowest BCUT2D eigenvalue weighted by Gasteiger charge is -2.18.